The summed E-state index contributed by atoms with van der Waals surface area (Å²) in [6.45, 7) is 3.70. The summed E-state index contributed by atoms with van der Waals surface area (Å²) in [5, 5.41) is 2.89. The molecule has 0 aromatic heterocycles. The first-order valence-electron chi connectivity index (χ1n) is 8.80. The zero-order valence-corrected chi connectivity index (χ0v) is 16.5. The van der Waals surface area contributed by atoms with E-state index in [0.717, 1.165) is 12.1 Å². The number of hydrogen-bond donors (Lipinski definition) is 1. The lowest BCUT2D eigenvalue weighted by Crippen LogP contribution is -2.38. The number of rotatable bonds is 9. The van der Waals surface area contributed by atoms with Crippen molar-refractivity contribution >= 4 is 15.7 Å². The lowest BCUT2D eigenvalue weighted by molar-refractivity contribution is -0.121. The van der Waals surface area contributed by atoms with Gasteiger partial charge in [0.1, 0.15) is 0 Å². The Labute approximate surface area is 155 Å². The van der Waals surface area contributed by atoms with Crippen molar-refractivity contribution < 1.29 is 22.7 Å². The number of ether oxygens (including phenoxy) is 2. The SMILES string of the molecule is CCN(CCC(=O)NCc1ccc(OC)c(OC)c1)C1CCS(=O)(=O)C1. The van der Waals surface area contributed by atoms with Crippen LogP contribution in [0.5, 0.6) is 11.5 Å². The van der Waals surface area contributed by atoms with Crippen LogP contribution < -0.4 is 14.8 Å². The van der Waals surface area contributed by atoms with Crippen molar-refractivity contribution in [3.8, 4) is 11.5 Å². The number of hydrogen-bond acceptors (Lipinski definition) is 6. The molecule has 1 N–H and O–H groups in total. The van der Waals surface area contributed by atoms with E-state index in [2.05, 4.69) is 10.2 Å². The van der Waals surface area contributed by atoms with Gasteiger partial charge in [0.05, 0.1) is 25.7 Å². The van der Waals surface area contributed by atoms with E-state index < -0.39 is 9.84 Å². The van der Waals surface area contributed by atoms with Crippen LogP contribution >= 0.6 is 0 Å². The number of amides is 1. The normalized spacial score (nSPS) is 18.7. The molecule has 7 nitrogen and oxygen atoms in total. The van der Waals surface area contributed by atoms with Gasteiger partial charge < -0.3 is 14.8 Å². The molecule has 1 atom stereocenters. The average Bonchev–Trinajstić information content (AvgIpc) is 2.99. The van der Waals surface area contributed by atoms with Crippen molar-refractivity contribution in [1.29, 1.82) is 0 Å². The topological polar surface area (TPSA) is 84.9 Å². The maximum atomic E-state index is 12.1. The highest BCUT2D eigenvalue weighted by Crippen LogP contribution is 2.27. The van der Waals surface area contributed by atoms with Crippen LogP contribution in [0.25, 0.3) is 0 Å². The summed E-state index contributed by atoms with van der Waals surface area (Å²) < 4.78 is 33.7. The summed E-state index contributed by atoms with van der Waals surface area (Å²) in [4.78, 5) is 14.2. The second-order valence-electron chi connectivity index (χ2n) is 6.40. The summed E-state index contributed by atoms with van der Waals surface area (Å²) in [6, 6.07) is 5.55. The predicted octanol–water partition coefficient (Wildman–Crippen LogP) is 1.22. The molecule has 1 aromatic rings. The van der Waals surface area contributed by atoms with E-state index in [1.165, 1.54) is 0 Å². The minimum atomic E-state index is -2.91. The highest BCUT2D eigenvalue weighted by Gasteiger charge is 2.31. The second-order valence-corrected chi connectivity index (χ2v) is 8.63. The Bertz CT molecular complexity index is 720. The lowest BCUT2D eigenvalue weighted by atomic mass is 10.2. The molecule has 0 aliphatic carbocycles. The number of methoxy groups -OCH3 is 2. The van der Waals surface area contributed by atoms with Crippen molar-refractivity contribution in [2.75, 3.05) is 38.8 Å². The number of benzene rings is 1. The molecule has 1 aliphatic rings. The van der Waals surface area contributed by atoms with Gasteiger partial charge in [0.15, 0.2) is 21.3 Å². The van der Waals surface area contributed by atoms with Crippen LogP contribution in [0.3, 0.4) is 0 Å². The molecule has 0 radical (unpaired) electrons. The van der Waals surface area contributed by atoms with E-state index in [1.807, 2.05) is 19.1 Å². The molecule has 1 amide bonds. The van der Waals surface area contributed by atoms with Crippen LogP contribution in [0.1, 0.15) is 25.3 Å². The van der Waals surface area contributed by atoms with E-state index in [0.29, 0.717) is 37.4 Å². The molecule has 1 heterocycles. The Morgan fingerprint density at radius 3 is 2.58 bits per heavy atom. The molecule has 2 rings (SSSR count). The predicted molar refractivity (Wildman–Crippen MR) is 100 cm³/mol. The third-order valence-electron chi connectivity index (χ3n) is 4.69. The maximum absolute atomic E-state index is 12.1. The number of nitrogens with zero attached hydrogens (tertiary/aromatic N) is 1. The summed E-state index contributed by atoms with van der Waals surface area (Å²) in [5.41, 5.74) is 0.922. The van der Waals surface area contributed by atoms with Crippen molar-refractivity contribution in [1.82, 2.24) is 10.2 Å². The summed E-state index contributed by atoms with van der Waals surface area (Å²) in [6.07, 6.45) is 1.00. The van der Waals surface area contributed by atoms with Crippen molar-refractivity contribution in [2.45, 2.75) is 32.4 Å². The van der Waals surface area contributed by atoms with Crippen molar-refractivity contribution in [3.05, 3.63) is 23.8 Å². The van der Waals surface area contributed by atoms with E-state index >= 15 is 0 Å². The van der Waals surface area contributed by atoms with Gasteiger partial charge in [-0.15, -0.1) is 0 Å². The minimum absolute atomic E-state index is 0.0312. The fraction of sp³-hybridized carbons (Fsp3) is 0.611. The van der Waals surface area contributed by atoms with Gasteiger partial charge >= 0.3 is 0 Å². The first kappa shape index (κ1) is 20.5. The minimum Gasteiger partial charge on any atom is -0.493 e. The molecule has 1 aliphatic heterocycles. The Hall–Kier alpha value is -1.80. The van der Waals surface area contributed by atoms with Gasteiger partial charge in [-0.1, -0.05) is 13.0 Å². The molecular weight excluding hydrogens is 356 g/mol. The molecule has 0 bridgehead atoms. The Balaban J connectivity index is 1.81. The van der Waals surface area contributed by atoms with E-state index in [-0.39, 0.29) is 23.5 Å². The van der Waals surface area contributed by atoms with Crippen LogP contribution in [-0.4, -0.2) is 64.1 Å². The standard InChI is InChI=1S/C18H28N2O5S/c1-4-20(15-8-10-26(22,23)13-15)9-7-18(21)19-12-14-5-6-16(24-2)17(11-14)25-3/h5-6,11,15H,4,7-10,12-13H2,1-3H3,(H,19,21). The fourth-order valence-electron chi connectivity index (χ4n) is 3.19. The van der Waals surface area contributed by atoms with Gasteiger partial charge in [-0.2, -0.15) is 0 Å². The largest absolute Gasteiger partial charge is 0.493 e. The molecule has 8 heteroatoms. The lowest BCUT2D eigenvalue weighted by Gasteiger charge is -2.26. The van der Waals surface area contributed by atoms with Gasteiger partial charge in [0, 0.05) is 25.6 Å². The smallest absolute Gasteiger partial charge is 0.221 e. The Morgan fingerprint density at radius 2 is 2.00 bits per heavy atom. The highest BCUT2D eigenvalue weighted by molar-refractivity contribution is 7.91. The molecule has 1 saturated heterocycles. The van der Waals surface area contributed by atoms with E-state index in [4.69, 9.17) is 9.47 Å². The van der Waals surface area contributed by atoms with E-state index in [9.17, 15) is 13.2 Å². The molecule has 1 unspecified atom stereocenters. The van der Waals surface area contributed by atoms with Crippen molar-refractivity contribution in [2.24, 2.45) is 0 Å². The molecule has 0 spiro atoms. The molecule has 1 fully saturated rings. The molecule has 146 valence electrons. The summed E-state index contributed by atoms with van der Waals surface area (Å²) in [5.74, 6) is 1.67. The monoisotopic (exact) mass is 384 g/mol. The first-order chi connectivity index (χ1) is 12.4. The first-order valence-corrected chi connectivity index (χ1v) is 10.6. The number of carbonyl (C=O) groups excluding carboxylic acids is 1. The number of nitrogens with one attached hydrogen (secondary N) is 1. The van der Waals surface area contributed by atoms with Gasteiger partial charge in [-0.05, 0) is 30.7 Å². The van der Waals surface area contributed by atoms with Gasteiger partial charge in [-0.25, -0.2) is 8.42 Å². The molecular formula is C18H28N2O5S. The van der Waals surface area contributed by atoms with Crippen LogP contribution in [0.15, 0.2) is 18.2 Å². The third-order valence-corrected chi connectivity index (χ3v) is 6.45. The second kappa shape index (κ2) is 9.23. The van der Waals surface area contributed by atoms with Crippen LogP contribution in [0.4, 0.5) is 0 Å². The third kappa shape index (κ3) is 5.60. The van der Waals surface area contributed by atoms with Gasteiger partial charge in [0.25, 0.3) is 0 Å². The zero-order valence-electron chi connectivity index (χ0n) is 15.7. The molecule has 0 saturated carbocycles. The zero-order chi connectivity index (χ0) is 19.2. The molecule has 26 heavy (non-hydrogen) atoms. The van der Waals surface area contributed by atoms with Crippen LogP contribution in [-0.2, 0) is 21.2 Å². The summed E-state index contributed by atoms with van der Waals surface area (Å²) in [7, 11) is 0.238. The quantitative estimate of drug-likeness (QED) is 0.689. The molecule has 1 aromatic carbocycles. The van der Waals surface area contributed by atoms with Gasteiger partial charge in [-0.3, -0.25) is 9.69 Å². The maximum Gasteiger partial charge on any atom is 0.221 e. The number of carbonyl (C=O) groups is 1. The van der Waals surface area contributed by atoms with E-state index in [1.54, 1.807) is 20.3 Å². The Morgan fingerprint density at radius 1 is 1.27 bits per heavy atom. The average molecular weight is 384 g/mol. The van der Waals surface area contributed by atoms with Crippen molar-refractivity contribution in [3.63, 3.8) is 0 Å². The van der Waals surface area contributed by atoms with Gasteiger partial charge in [0.2, 0.25) is 5.91 Å². The Kier molecular flexibility index (Phi) is 7.28. The highest BCUT2D eigenvalue weighted by atomic mass is 32.2. The number of sulfone groups is 1. The fourth-order valence-corrected chi connectivity index (χ4v) is 4.95. The van der Waals surface area contributed by atoms with Crippen LogP contribution in [0.2, 0.25) is 0 Å². The summed E-state index contributed by atoms with van der Waals surface area (Å²) >= 11 is 0. The van der Waals surface area contributed by atoms with Crippen LogP contribution in [0, 0.1) is 0 Å².